The minimum Gasteiger partial charge on any atom is -0.339 e. The molecular formula is C19H25N3O2. The van der Waals surface area contributed by atoms with E-state index >= 15 is 0 Å². The third-order valence-corrected chi connectivity index (χ3v) is 5.66. The average Bonchev–Trinajstić information content (AvgIpc) is 3.39. The van der Waals surface area contributed by atoms with Crippen LogP contribution in [0.25, 0.3) is 0 Å². The first-order valence-electron chi connectivity index (χ1n) is 9.04. The maximum Gasteiger partial charge on any atom is 0.253 e. The van der Waals surface area contributed by atoms with E-state index in [0.717, 1.165) is 31.4 Å². The summed E-state index contributed by atoms with van der Waals surface area (Å²) in [6.45, 7) is 0. The summed E-state index contributed by atoms with van der Waals surface area (Å²) in [6.07, 6.45) is 6.55. The standard InChI is InChI=1S/C19H25N3O2/c1-22(17-10-15-8-9-16(11-17)20-15)19(24)13-4-6-14(7-5-13)21-18(23)12-2-3-12/h4-7,12,15-17,20H,2-3,8-11H2,1H3,(H,21,23). The van der Waals surface area contributed by atoms with Crippen LogP contribution in [0, 0.1) is 5.92 Å². The molecule has 4 rings (SSSR count). The average molecular weight is 327 g/mol. The Morgan fingerprint density at radius 3 is 2.25 bits per heavy atom. The van der Waals surface area contributed by atoms with E-state index in [-0.39, 0.29) is 17.7 Å². The van der Waals surface area contributed by atoms with Crippen molar-refractivity contribution in [2.75, 3.05) is 12.4 Å². The van der Waals surface area contributed by atoms with Gasteiger partial charge in [-0.05, 0) is 62.8 Å². The van der Waals surface area contributed by atoms with E-state index in [4.69, 9.17) is 0 Å². The predicted octanol–water partition coefficient (Wildman–Crippen LogP) is 2.39. The number of nitrogens with one attached hydrogen (secondary N) is 2. The van der Waals surface area contributed by atoms with Crippen molar-refractivity contribution in [3.05, 3.63) is 29.8 Å². The number of rotatable bonds is 4. The molecule has 3 fully saturated rings. The van der Waals surface area contributed by atoms with Crippen molar-refractivity contribution in [3.63, 3.8) is 0 Å². The second-order valence-corrected chi connectivity index (χ2v) is 7.52. The first kappa shape index (κ1) is 15.6. The lowest BCUT2D eigenvalue weighted by Gasteiger charge is -2.35. The van der Waals surface area contributed by atoms with Gasteiger partial charge in [0, 0.05) is 42.3 Å². The molecule has 2 atom stereocenters. The smallest absolute Gasteiger partial charge is 0.253 e. The molecule has 0 spiro atoms. The topological polar surface area (TPSA) is 61.4 Å². The minimum atomic E-state index is 0.0707. The predicted molar refractivity (Wildman–Crippen MR) is 92.9 cm³/mol. The largest absolute Gasteiger partial charge is 0.339 e. The maximum absolute atomic E-state index is 12.7. The third kappa shape index (κ3) is 3.18. The number of hydrogen-bond donors (Lipinski definition) is 2. The van der Waals surface area contributed by atoms with Crippen LogP contribution in [0.3, 0.4) is 0 Å². The Balaban J connectivity index is 1.39. The molecule has 128 valence electrons. The normalized spacial score (nSPS) is 28.5. The van der Waals surface area contributed by atoms with Gasteiger partial charge < -0.3 is 15.5 Å². The van der Waals surface area contributed by atoms with Crippen LogP contribution >= 0.6 is 0 Å². The number of fused-ring (bicyclic) bond motifs is 2. The zero-order valence-corrected chi connectivity index (χ0v) is 14.1. The highest BCUT2D eigenvalue weighted by Crippen LogP contribution is 2.31. The molecule has 2 amide bonds. The summed E-state index contributed by atoms with van der Waals surface area (Å²) in [5.41, 5.74) is 1.46. The SMILES string of the molecule is CN(C(=O)c1ccc(NC(=O)C2CC2)cc1)C1CC2CCC(C1)N2. The van der Waals surface area contributed by atoms with E-state index in [9.17, 15) is 9.59 Å². The number of carbonyl (C=O) groups excluding carboxylic acids is 2. The van der Waals surface area contributed by atoms with Crippen molar-refractivity contribution in [3.8, 4) is 0 Å². The van der Waals surface area contributed by atoms with Gasteiger partial charge in [0.15, 0.2) is 0 Å². The summed E-state index contributed by atoms with van der Waals surface area (Å²) in [7, 11) is 1.92. The number of anilines is 1. The van der Waals surface area contributed by atoms with Gasteiger partial charge in [-0.3, -0.25) is 9.59 Å². The lowest BCUT2D eigenvalue weighted by atomic mass is 9.98. The molecule has 2 bridgehead atoms. The van der Waals surface area contributed by atoms with Gasteiger partial charge in [-0.25, -0.2) is 0 Å². The molecule has 1 aliphatic carbocycles. The van der Waals surface area contributed by atoms with Gasteiger partial charge in [-0.1, -0.05) is 0 Å². The van der Waals surface area contributed by atoms with Crippen LogP contribution in [0.4, 0.5) is 5.69 Å². The van der Waals surface area contributed by atoms with Crippen molar-refractivity contribution in [1.29, 1.82) is 0 Å². The van der Waals surface area contributed by atoms with E-state index < -0.39 is 0 Å². The van der Waals surface area contributed by atoms with Crippen LogP contribution in [0.5, 0.6) is 0 Å². The molecule has 2 unspecified atom stereocenters. The summed E-state index contributed by atoms with van der Waals surface area (Å²) in [4.78, 5) is 26.4. The van der Waals surface area contributed by atoms with Gasteiger partial charge in [0.25, 0.3) is 5.91 Å². The van der Waals surface area contributed by atoms with Crippen molar-refractivity contribution < 1.29 is 9.59 Å². The molecule has 1 saturated carbocycles. The fourth-order valence-electron chi connectivity index (χ4n) is 4.00. The van der Waals surface area contributed by atoms with E-state index in [1.165, 1.54) is 12.8 Å². The summed E-state index contributed by atoms with van der Waals surface area (Å²) < 4.78 is 0. The van der Waals surface area contributed by atoms with E-state index in [1.807, 2.05) is 36.2 Å². The number of nitrogens with zero attached hydrogens (tertiary/aromatic N) is 1. The van der Waals surface area contributed by atoms with Gasteiger partial charge in [0.1, 0.15) is 0 Å². The summed E-state index contributed by atoms with van der Waals surface area (Å²) in [5, 5.41) is 6.53. The van der Waals surface area contributed by atoms with Gasteiger partial charge in [-0.2, -0.15) is 0 Å². The van der Waals surface area contributed by atoms with Crippen molar-refractivity contribution >= 4 is 17.5 Å². The zero-order chi connectivity index (χ0) is 16.7. The quantitative estimate of drug-likeness (QED) is 0.892. The molecule has 1 aromatic carbocycles. The Morgan fingerprint density at radius 2 is 1.67 bits per heavy atom. The Kier molecular flexibility index (Phi) is 4.04. The first-order chi connectivity index (χ1) is 11.6. The fraction of sp³-hybridized carbons (Fsp3) is 0.579. The second kappa shape index (κ2) is 6.20. The number of amides is 2. The van der Waals surface area contributed by atoms with Crippen LogP contribution in [0.1, 0.15) is 48.9 Å². The molecule has 0 radical (unpaired) electrons. The van der Waals surface area contributed by atoms with Crippen LogP contribution in [-0.4, -0.2) is 41.9 Å². The lowest BCUT2D eigenvalue weighted by Crippen LogP contribution is -2.48. The molecule has 2 N–H and O–H groups in total. The molecule has 1 aromatic rings. The number of hydrogen-bond acceptors (Lipinski definition) is 3. The molecule has 5 nitrogen and oxygen atoms in total. The number of carbonyl (C=O) groups is 2. The monoisotopic (exact) mass is 327 g/mol. The van der Waals surface area contributed by atoms with E-state index in [1.54, 1.807) is 0 Å². The van der Waals surface area contributed by atoms with E-state index in [0.29, 0.717) is 23.7 Å². The van der Waals surface area contributed by atoms with Crippen molar-refractivity contribution in [1.82, 2.24) is 10.2 Å². The first-order valence-corrected chi connectivity index (χ1v) is 9.04. The molecule has 3 aliphatic rings. The van der Waals surface area contributed by atoms with Crippen molar-refractivity contribution in [2.24, 2.45) is 5.92 Å². The minimum absolute atomic E-state index is 0.0707. The van der Waals surface area contributed by atoms with Crippen molar-refractivity contribution in [2.45, 2.75) is 56.7 Å². The van der Waals surface area contributed by atoms with Gasteiger partial charge in [-0.15, -0.1) is 0 Å². The lowest BCUT2D eigenvalue weighted by molar-refractivity contribution is -0.117. The molecule has 5 heteroatoms. The Morgan fingerprint density at radius 1 is 1.04 bits per heavy atom. The van der Waals surface area contributed by atoms with E-state index in [2.05, 4.69) is 10.6 Å². The number of benzene rings is 1. The van der Waals surface area contributed by atoms with Gasteiger partial charge in [0.05, 0.1) is 0 Å². The number of piperidine rings is 1. The molecule has 2 saturated heterocycles. The third-order valence-electron chi connectivity index (χ3n) is 5.66. The maximum atomic E-state index is 12.7. The summed E-state index contributed by atoms with van der Waals surface area (Å²) >= 11 is 0. The van der Waals surface area contributed by atoms with Crippen LogP contribution in [0.15, 0.2) is 24.3 Å². The molecular weight excluding hydrogens is 302 g/mol. The summed E-state index contributed by atoms with van der Waals surface area (Å²) in [6, 6.07) is 8.76. The van der Waals surface area contributed by atoms with Crippen LogP contribution < -0.4 is 10.6 Å². The summed E-state index contributed by atoms with van der Waals surface area (Å²) in [5.74, 6) is 0.352. The molecule has 2 heterocycles. The van der Waals surface area contributed by atoms with Crippen LogP contribution in [-0.2, 0) is 4.79 Å². The zero-order valence-electron chi connectivity index (χ0n) is 14.1. The van der Waals surface area contributed by atoms with Crippen LogP contribution in [0.2, 0.25) is 0 Å². The molecule has 2 aliphatic heterocycles. The Bertz CT molecular complexity index is 627. The highest BCUT2D eigenvalue weighted by molar-refractivity contribution is 5.96. The molecule has 24 heavy (non-hydrogen) atoms. The second-order valence-electron chi connectivity index (χ2n) is 7.52. The Hall–Kier alpha value is -1.88. The van der Waals surface area contributed by atoms with Gasteiger partial charge in [0.2, 0.25) is 5.91 Å². The fourth-order valence-corrected chi connectivity index (χ4v) is 4.00. The van der Waals surface area contributed by atoms with Gasteiger partial charge >= 0.3 is 0 Å². The highest BCUT2D eigenvalue weighted by Gasteiger charge is 2.36. The Labute approximate surface area is 142 Å². The molecule has 0 aromatic heterocycles. The highest BCUT2D eigenvalue weighted by atomic mass is 16.2.